The third kappa shape index (κ3) is 7.68. The van der Waals surface area contributed by atoms with Crippen LogP contribution in [0.25, 0.3) is 0 Å². The summed E-state index contributed by atoms with van der Waals surface area (Å²) in [5.74, 6) is 0. The molecule has 226 valence electrons. The minimum atomic E-state index is -4.96. The molecule has 4 nitrogen and oxygen atoms in total. The van der Waals surface area contributed by atoms with Crippen molar-refractivity contribution < 1.29 is 35.9 Å². The van der Waals surface area contributed by atoms with Crippen molar-refractivity contribution in [2.45, 2.75) is 56.7 Å². The van der Waals surface area contributed by atoms with Crippen molar-refractivity contribution in [1.29, 1.82) is 0 Å². The Labute approximate surface area is 256 Å². The van der Waals surface area contributed by atoms with E-state index in [2.05, 4.69) is 55.4 Å². The van der Waals surface area contributed by atoms with E-state index in [9.17, 15) is 31.1 Å². The monoisotopic (exact) mass is 720 g/mol. The quantitative estimate of drug-likeness (QED) is 0.273. The van der Waals surface area contributed by atoms with E-state index >= 15 is 0 Å². The predicted octanol–water partition coefficient (Wildman–Crippen LogP) is 9.40. The number of aryl methyl sites for hydroxylation is 2. The van der Waals surface area contributed by atoms with Crippen LogP contribution in [-0.4, -0.2) is 25.1 Å². The summed E-state index contributed by atoms with van der Waals surface area (Å²) >= 11 is 6.86. The number of hydrogen-bond donors (Lipinski definition) is 1. The second-order valence-electron chi connectivity index (χ2n) is 10.2. The van der Waals surface area contributed by atoms with Gasteiger partial charge >= 0.3 is 18.4 Å². The largest absolute Gasteiger partial charge is 0.445 e. The Morgan fingerprint density at radius 1 is 0.857 bits per heavy atom. The third-order valence-electron chi connectivity index (χ3n) is 7.45. The Morgan fingerprint density at radius 2 is 1.38 bits per heavy atom. The van der Waals surface area contributed by atoms with Crippen LogP contribution in [0, 0.1) is 0 Å². The zero-order valence-electron chi connectivity index (χ0n) is 22.7. The molecule has 0 fully saturated rings. The van der Waals surface area contributed by atoms with Gasteiger partial charge in [-0.3, -0.25) is 0 Å². The van der Waals surface area contributed by atoms with Gasteiger partial charge in [-0.25, -0.2) is 4.79 Å². The van der Waals surface area contributed by atoms with Crippen LogP contribution in [0.3, 0.4) is 0 Å². The van der Waals surface area contributed by atoms with E-state index in [1.54, 1.807) is 0 Å². The standard InChI is InChI=1S/C20H16BrF6NO2.C10H12BrN/c1-28(17-5-2-12-8-15(21)3-4-16(12)17)18(29)30-10-11-6-13(19(22,23)24)9-14(7-11)20(25,26)27;1-12-10-5-2-7-6-8(11)3-4-9(7)10/h3-4,6-9,17H,2,5,10H2,1H3;3-4,6,10,12H,2,5H2,1H3. The third-order valence-corrected chi connectivity index (χ3v) is 8.43. The van der Waals surface area contributed by atoms with E-state index in [1.165, 1.54) is 40.4 Å². The molecular weight excluding hydrogens is 694 g/mol. The average molecular weight is 722 g/mol. The van der Waals surface area contributed by atoms with Crippen LogP contribution in [0.5, 0.6) is 0 Å². The number of benzene rings is 3. The van der Waals surface area contributed by atoms with Crippen molar-refractivity contribution in [2.75, 3.05) is 14.1 Å². The number of nitrogens with one attached hydrogen (secondary N) is 1. The van der Waals surface area contributed by atoms with Crippen molar-refractivity contribution >= 4 is 38.0 Å². The van der Waals surface area contributed by atoms with Crippen molar-refractivity contribution in [3.8, 4) is 0 Å². The predicted molar refractivity (Wildman–Crippen MR) is 154 cm³/mol. The van der Waals surface area contributed by atoms with Crippen LogP contribution in [0.1, 0.15) is 63.9 Å². The normalized spacial score (nSPS) is 17.7. The van der Waals surface area contributed by atoms with E-state index in [0.717, 1.165) is 22.0 Å². The SMILES string of the molecule is CN(C(=O)OCc1cc(C(F)(F)F)cc(C(F)(F)F)c1)C1CCc2cc(Br)ccc21.CNC1CCc2cc(Br)ccc21. The Balaban J connectivity index is 0.000000279. The molecule has 0 saturated carbocycles. The van der Waals surface area contributed by atoms with Gasteiger partial charge in [0.2, 0.25) is 0 Å². The number of ether oxygens (including phenoxy) is 1. The average Bonchev–Trinajstić information content (AvgIpc) is 3.53. The van der Waals surface area contributed by atoms with Gasteiger partial charge in [0.25, 0.3) is 0 Å². The first kappa shape index (κ1) is 32.3. The van der Waals surface area contributed by atoms with Gasteiger partial charge in [-0.1, -0.05) is 44.0 Å². The molecule has 2 unspecified atom stereocenters. The molecule has 12 heteroatoms. The van der Waals surface area contributed by atoms with Crippen LogP contribution in [0.15, 0.2) is 63.5 Å². The minimum absolute atomic E-state index is 0.0328. The highest BCUT2D eigenvalue weighted by Gasteiger charge is 2.37. The first-order valence-electron chi connectivity index (χ1n) is 13.1. The van der Waals surface area contributed by atoms with Crippen LogP contribution in [0.2, 0.25) is 0 Å². The summed E-state index contributed by atoms with van der Waals surface area (Å²) in [6.45, 7) is -0.712. The maximum atomic E-state index is 12.9. The van der Waals surface area contributed by atoms with Crippen molar-refractivity contribution in [3.05, 3.63) is 102 Å². The molecule has 1 amide bonds. The number of halogens is 8. The summed E-state index contributed by atoms with van der Waals surface area (Å²) in [7, 11) is 3.51. The number of carbonyl (C=O) groups is 1. The fourth-order valence-corrected chi connectivity index (χ4v) is 6.15. The molecule has 1 N–H and O–H groups in total. The summed E-state index contributed by atoms with van der Waals surface area (Å²) in [5.41, 5.74) is 1.65. The molecule has 0 aromatic heterocycles. The summed E-state index contributed by atoms with van der Waals surface area (Å²) in [4.78, 5) is 13.7. The van der Waals surface area contributed by atoms with Crippen LogP contribution in [0.4, 0.5) is 31.1 Å². The van der Waals surface area contributed by atoms with E-state index in [-0.39, 0.29) is 12.1 Å². The molecule has 0 aliphatic heterocycles. The highest BCUT2D eigenvalue weighted by molar-refractivity contribution is 9.10. The lowest BCUT2D eigenvalue weighted by molar-refractivity contribution is -0.143. The fraction of sp³-hybridized carbons (Fsp3) is 0.367. The number of rotatable bonds is 4. The molecule has 0 spiro atoms. The van der Waals surface area contributed by atoms with Gasteiger partial charge in [-0.15, -0.1) is 0 Å². The molecule has 2 aliphatic carbocycles. The Morgan fingerprint density at radius 3 is 1.93 bits per heavy atom. The molecule has 2 atom stereocenters. The molecule has 5 rings (SSSR count). The van der Waals surface area contributed by atoms with Crippen molar-refractivity contribution in [2.24, 2.45) is 0 Å². The molecule has 3 aromatic rings. The number of nitrogens with zero attached hydrogens (tertiary/aromatic N) is 1. The first-order valence-corrected chi connectivity index (χ1v) is 14.7. The topological polar surface area (TPSA) is 41.6 Å². The number of amides is 1. The molecule has 2 aliphatic rings. The summed E-state index contributed by atoms with van der Waals surface area (Å²) in [6.07, 6.45) is -6.93. The molecular formula is C30H28Br2F6N2O2. The lowest BCUT2D eigenvalue weighted by Crippen LogP contribution is -2.30. The van der Waals surface area contributed by atoms with Crippen LogP contribution < -0.4 is 5.32 Å². The lowest BCUT2D eigenvalue weighted by atomic mass is 10.1. The number of alkyl halides is 6. The van der Waals surface area contributed by atoms with Gasteiger partial charge in [-0.05, 0) is 103 Å². The van der Waals surface area contributed by atoms with Crippen molar-refractivity contribution in [1.82, 2.24) is 10.2 Å². The highest BCUT2D eigenvalue weighted by atomic mass is 79.9. The lowest BCUT2D eigenvalue weighted by Gasteiger charge is -2.25. The highest BCUT2D eigenvalue weighted by Crippen LogP contribution is 2.38. The second-order valence-corrected chi connectivity index (χ2v) is 12.0. The zero-order valence-corrected chi connectivity index (χ0v) is 25.8. The van der Waals surface area contributed by atoms with E-state index in [0.29, 0.717) is 24.6 Å². The zero-order chi connectivity index (χ0) is 30.8. The number of carbonyl (C=O) groups excluding carboxylic acids is 1. The summed E-state index contributed by atoms with van der Waals surface area (Å²) in [5, 5.41) is 3.32. The first-order chi connectivity index (χ1) is 19.7. The molecule has 0 radical (unpaired) electrons. The second kappa shape index (κ2) is 13.0. The van der Waals surface area contributed by atoms with Gasteiger partial charge in [0.15, 0.2) is 0 Å². The maximum absolute atomic E-state index is 12.9. The van der Waals surface area contributed by atoms with Gasteiger partial charge in [0.1, 0.15) is 6.61 Å². The molecule has 42 heavy (non-hydrogen) atoms. The van der Waals surface area contributed by atoms with Gasteiger partial charge in [0, 0.05) is 22.0 Å². The fourth-order valence-electron chi connectivity index (χ4n) is 5.33. The van der Waals surface area contributed by atoms with E-state index in [1.807, 2.05) is 25.2 Å². The van der Waals surface area contributed by atoms with Crippen LogP contribution in [-0.2, 0) is 36.5 Å². The van der Waals surface area contributed by atoms with Crippen LogP contribution >= 0.6 is 31.9 Å². The smallest absolute Gasteiger partial charge is 0.416 e. The van der Waals surface area contributed by atoms with Gasteiger partial charge < -0.3 is 15.0 Å². The van der Waals surface area contributed by atoms with Crippen molar-refractivity contribution in [3.63, 3.8) is 0 Å². The van der Waals surface area contributed by atoms with E-state index in [4.69, 9.17) is 4.74 Å². The van der Waals surface area contributed by atoms with E-state index < -0.39 is 41.7 Å². The number of fused-ring (bicyclic) bond motifs is 2. The molecule has 0 bridgehead atoms. The Bertz CT molecular complexity index is 1410. The Hall–Kier alpha value is -2.57. The van der Waals surface area contributed by atoms with Gasteiger partial charge in [0.05, 0.1) is 17.2 Å². The summed E-state index contributed by atoms with van der Waals surface area (Å²) in [6, 6.07) is 13.6. The molecule has 3 aromatic carbocycles. The number of hydrogen-bond acceptors (Lipinski definition) is 3. The molecule has 0 heterocycles. The Kier molecular flexibility index (Phi) is 9.99. The van der Waals surface area contributed by atoms with Gasteiger partial charge in [-0.2, -0.15) is 26.3 Å². The maximum Gasteiger partial charge on any atom is 0.416 e. The minimum Gasteiger partial charge on any atom is -0.445 e. The molecule has 0 saturated heterocycles. The summed E-state index contributed by atoms with van der Waals surface area (Å²) < 4.78 is 84.8.